The fourth-order valence-electron chi connectivity index (χ4n) is 4.53. The van der Waals surface area contributed by atoms with Crippen molar-refractivity contribution in [1.82, 2.24) is 10.2 Å². The van der Waals surface area contributed by atoms with Crippen LogP contribution >= 0.6 is 23.1 Å². The normalized spacial score (nSPS) is 16.3. The summed E-state index contributed by atoms with van der Waals surface area (Å²) in [5.74, 6) is -0.201. The summed E-state index contributed by atoms with van der Waals surface area (Å²) in [7, 11) is 1.52. The molecule has 41 heavy (non-hydrogen) atoms. The second kappa shape index (κ2) is 12.2. The Bertz CT molecular complexity index is 1610. The maximum Gasteiger partial charge on any atom is 0.301 e. The number of aliphatic hydroxyl groups is 1. The van der Waals surface area contributed by atoms with Gasteiger partial charge in [0.05, 0.1) is 25.3 Å². The van der Waals surface area contributed by atoms with E-state index in [-0.39, 0.29) is 16.5 Å². The molecular formula is C31H29N3O5S2. The fraction of sp³-hybridized carbons (Fsp3) is 0.226. The van der Waals surface area contributed by atoms with Gasteiger partial charge < -0.3 is 14.6 Å². The molecule has 1 atom stereocenters. The highest BCUT2D eigenvalue weighted by Crippen LogP contribution is 2.45. The number of aryl methyl sites for hydroxylation is 2. The first-order valence-corrected chi connectivity index (χ1v) is 14.8. The summed E-state index contributed by atoms with van der Waals surface area (Å²) in [6, 6.07) is 19.6. The molecule has 1 fully saturated rings. The molecule has 1 amide bonds. The predicted octanol–water partition coefficient (Wildman–Crippen LogP) is 6.48. The summed E-state index contributed by atoms with van der Waals surface area (Å²) < 4.78 is 11.9. The summed E-state index contributed by atoms with van der Waals surface area (Å²) in [4.78, 5) is 28.4. The summed E-state index contributed by atoms with van der Waals surface area (Å²) in [5, 5.41) is 20.2. The lowest BCUT2D eigenvalue weighted by Crippen LogP contribution is -2.29. The van der Waals surface area contributed by atoms with Crippen molar-refractivity contribution in [3.63, 3.8) is 0 Å². The van der Waals surface area contributed by atoms with E-state index in [1.807, 2.05) is 32.9 Å². The van der Waals surface area contributed by atoms with Gasteiger partial charge in [-0.15, -0.1) is 10.2 Å². The van der Waals surface area contributed by atoms with Crippen LogP contribution in [-0.4, -0.2) is 40.7 Å². The summed E-state index contributed by atoms with van der Waals surface area (Å²) in [5.41, 5.74) is 4.28. The van der Waals surface area contributed by atoms with Gasteiger partial charge in [0, 0.05) is 11.3 Å². The van der Waals surface area contributed by atoms with Crippen LogP contribution in [0, 0.1) is 13.8 Å². The molecule has 1 aromatic heterocycles. The van der Waals surface area contributed by atoms with Gasteiger partial charge in [0.2, 0.25) is 5.13 Å². The van der Waals surface area contributed by atoms with Crippen LogP contribution in [0.3, 0.4) is 0 Å². The molecule has 0 bridgehead atoms. The Hall–Kier alpha value is -4.15. The number of ketones is 1. The minimum atomic E-state index is -0.955. The number of hydrogen-bond acceptors (Lipinski definition) is 9. The van der Waals surface area contributed by atoms with Gasteiger partial charge in [-0.05, 0) is 44.0 Å². The largest absolute Gasteiger partial charge is 0.507 e. The van der Waals surface area contributed by atoms with Crippen LogP contribution in [0.15, 0.2) is 76.6 Å². The van der Waals surface area contributed by atoms with Crippen LogP contribution in [0.5, 0.6) is 11.5 Å². The van der Waals surface area contributed by atoms with Gasteiger partial charge >= 0.3 is 5.91 Å². The Kier molecular flexibility index (Phi) is 8.41. The fourth-order valence-corrected chi connectivity index (χ4v) is 6.35. The molecule has 0 saturated carbocycles. The van der Waals surface area contributed by atoms with Crippen molar-refractivity contribution in [1.29, 1.82) is 0 Å². The number of thioether (sulfide) groups is 1. The molecule has 0 radical (unpaired) electrons. The van der Waals surface area contributed by atoms with E-state index in [4.69, 9.17) is 9.47 Å². The second-order valence-electron chi connectivity index (χ2n) is 9.50. The van der Waals surface area contributed by atoms with Crippen LogP contribution in [0.25, 0.3) is 5.76 Å². The quantitative estimate of drug-likeness (QED) is 0.0781. The van der Waals surface area contributed by atoms with Gasteiger partial charge in [0.1, 0.15) is 5.76 Å². The summed E-state index contributed by atoms with van der Waals surface area (Å²) >= 11 is 2.72. The van der Waals surface area contributed by atoms with Crippen molar-refractivity contribution < 1.29 is 24.2 Å². The zero-order valence-electron chi connectivity index (χ0n) is 23.1. The van der Waals surface area contributed by atoms with Gasteiger partial charge in [-0.2, -0.15) is 0 Å². The van der Waals surface area contributed by atoms with E-state index in [0.29, 0.717) is 39.3 Å². The second-order valence-corrected chi connectivity index (χ2v) is 11.7. The zero-order chi connectivity index (χ0) is 29.1. The molecule has 3 aromatic carbocycles. The van der Waals surface area contributed by atoms with Crippen LogP contribution in [0.4, 0.5) is 5.13 Å². The third-order valence-corrected chi connectivity index (χ3v) is 8.78. The van der Waals surface area contributed by atoms with E-state index in [0.717, 1.165) is 11.1 Å². The molecule has 8 nitrogen and oxygen atoms in total. The molecule has 1 unspecified atom stereocenters. The number of anilines is 1. The molecule has 0 spiro atoms. The number of rotatable bonds is 9. The molecule has 4 aromatic rings. The Morgan fingerprint density at radius 2 is 1.66 bits per heavy atom. The summed E-state index contributed by atoms with van der Waals surface area (Å²) in [6.07, 6.45) is 0. The third-order valence-electron chi connectivity index (χ3n) is 6.66. The van der Waals surface area contributed by atoms with Crippen molar-refractivity contribution in [3.05, 3.63) is 100 Å². The van der Waals surface area contributed by atoms with E-state index in [1.54, 1.807) is 30.3 Å². The number of benzene rings is 3. The summed E-state index contributed by atoms with van der Waals surface area (Å²) in [6.45, 7) is 6.28. The third kappa shape index (κ3) is 5.84. The number of ether oxygens (including phenoxy) is 2. The van der Waals surface area contributed by atoms with E-state index in [1.165, 1.54) is 40.7 Å². The molecule has 1 aliphatic rings. The Morgan fingerprint density at radius 1 is 0.976 bits per heavy atom. The smallest absolute Gasteiger partial charge is 0.301 e. The highest BCUT2D eigenvalue weighted by atomic mass is 32.2. The van der Waals surface area contributed by atoms with Crippen LogP contribution in [0.2, 0.25) is 0 Å². The number of methoxy groups -OCH3 is 1. The van der Waals surface area contributed by atoms with Gasteiger partial charge in [-0.1, -0.05) is 88.8 Å². The molecule has 5 rings (SSSR count). The van der Waals surface area contributed by atoms with Gasteiger partial charge in [-0.3, -0.25) is 14.5 Å². The first-order valence-electron chi connectivity index (χ1n) is 13.0. The minimum absolute atomic E-state index is 0.0332. The Balaban J connectivity index is 1.57. The number of carbonyl (C=O) groups excluding carboxylic acids is 2. The van der Waals surface area contributed by atoms with Crippen LogP contribution in [0.1, 0.15) is 40.8 Å². The monoisotopic (exact) mass is 587 g/mol. The molecule has 10 heteroatoms. The first-order chi connectivity index (χ1) is 19.8. The Labute approximate surface area is 246 Å². The van der Waals surface area contributed by atoms with Gasteiger partial charge in [0.15, 0.2) is 15.8 Å². The van der Waals surface area contributed by atoms with Crippen molar-refractivity contribution in [2.45, 2.75) is 36.9 Å². The number of aliphatic hydroxyl groups excluding tert-OH is 1. The average Bonchev–Trinajstić information content (AvgIpc) is 3.55. The van der Waals surface area contributed by atoms with Crippen molar-refractivity contribution in [2.24, 2.45) is 0 Å². The average molecular weight is 588 g/mol. The molecule has 1 N–H and O–H groups in total. The molecule has 2 heterocycles. The molecular weight excluding hydrogens is 558 g/mol. The zero-order valence-corrected chi connectivity index (χ0v) is 24.7. The number of carbonyl (C=O) groups is 2. The lowest BCUT2D eigenvalue weighted by molar-refractivity contribution is -0.132. The maximum absolute atomic E-state index is 13.5. The number of Topliss-reactive ketones (excluding diaryl/α,β-unsaturated/α-hetero) is 1. The predicted molar refractivity (Wildman–Crippen MR) is 161 cm³/mol. The molecule has 1 aliphatic heterocycles. The van der Waals surface area contributed by atoms with Crippen molar-refractivity contribution in [3.8, 4) is 11.5 Å². The van der Waals surface area contributed by atoms with Gasteiger partial charge in [0.25, 0.3) is 5.78 Å². The highest BCUT2D eigenvalue weighted by Gasteiger charge is 2.48. The number of nitrogens with zero attached hydrogens (tertiary/aromatic N) is 3. The van der Waals surface area contributed by atoms with Crippen LogP contribution in [-0.2, 0) is 15.3 Å². The number of aromatic nitrogens is 2. The van der Waals surface area contributed by atoms with E-state index in [2.05, 4.69) is 34.5 Å². The lowest BCUT2D eigenvalue weighted by Gasteiger charge is -2.23. The number of amides is 1. The van der Waals surface area contributed by atoms with E-state index < -0.39 is 17.7 Å². The molecule has 210 valence electrons. The number of hydrogen-bond donors (Lipinski definition) is 1. The SMILES string of the molecule is CCOc1ccc(C2/C(=C(/O)c3ccc(C)cc3)C(=O)C(=O)N2c2nnc(SCc3ccc(C)cc3)s2)cc1OC. The molecule has 1 saturated heterocycles. The van der Waals surface area contributed by atoms with Crippen molar-refractivity contribution in [2.75, 3.05) is 18.6 Å². The maximum atomic E-state index is 13.5. The topological polar surface area (TPSA) is 102 Å². The van der Waals surface area contributed by atoms with Crippen molar-refractivity contribution >= 4 is 45.7 Å². The first kappa shape index (κ1) is 28.4. The van der Waals surface area contributed by atoms with Crippen LogP contribution < -0.4 is 14.4 Å². The van der Waals surface area contributed by atoms with E-state index >= 15 is 0 Å². The van der Waals surface area contributed by atoms with E-state index in [9.17, 15) is 14.7 Å². The lowest BCUT2D eigenvalue weighted by atomic mass is 9.95. The standard InChI is InChI=1S/C31H29N3O5S2/c1-5-39-23-15-14-22(16-24(23)38-4)26-25(27(35)21-12-8-19(3)9-13-21)28(36)29(37)34(26)30-32-33-31(41-30)40-17-20-10-6-18(2)7-11-20/h6-16,26,35H,5,17H2,1-4H3/b27-25-. The Morgan fingerprint density at radius 3 is 2.32 bits per heavy atom. The van der Waals surface area contributed by atoms with Gasteiger partial charge in [-0.25, -0.2) is 0 Å². The molecule has 0 aliphatic carbocycles. The highest BCUT2D eigenvalue weighted by molar-refractivity contribution is 8.00. The minimum Gasteiger partial charge on any atom is -0.507 e.